The highest BCUT2D eigenvalue weighted by atomic mass is 32.2. The fourth-order valence-corrected chi connectivity index (χ4v) is 3.72. The van der Waals surface area contributed by atoms with E-state index in [1.165, 1.54) is 0 Å². The lowest BCUT2D eigenvalue weighted by Crippen LogP contribution is -2.37. The number of para-hydroxylation sites is 2. The van der Waals surface area contributed by atoms with Gasteiger partial charge in [-0.05, 0) is 19.1 Å². The normalized spacial score (nSPS) is 19.7. The molecule has 1 fully saturated rings. The molecule has 6 nitrogen and oxygen atoms in total. The van der Waals surface area contributed by atoms with Crippen LogP contribution in [0, 0.1) is 6.92 Å². The maximum Gasteiger partial charge on any atom is 0.189 e. The summed E-state index contributed by atoms with van der Waals surface area (Å²) in [4.78, 5) is 11.5. The summed E-state index contributed by atoms with van der Waals surface area (Å²) in [5.41, 5.74) is 0.977. The standard InChI is InChI=1S/C18H21N3O3S/c1-13-10-17(21-6-8-22-9-7-21)20-18(19-13)25-12-14-11-23-15-4-2-3-5-16(15)24-14/h2-5,10,14H,6-9,11-12H2,1H3/t14-/m0/s1. The van der Waals surface area contributed by atoms with E-state index in [0.717, 1.165) is 60.2 Å². The molecule has 0 bridgehead atoms. The van der Waals surface area contributed by atoms with Gasteiger partial charge in [0.15, 0.2) is 16.7 Å². The Bertz CT molecular complexity index is 737. The van der Waals surface area contributed by atoms with E-state index in [2.05, 4.69) is 9.88 Å². The molecule has 0 saturated carbocycles. The zero-order valence-electron chi connectivity index (χ0n) is 14.2. The van der Waals surface area contributed by atoms with Crippen molar-refractivity contribution >= 4 is 17.6 Å². The van der Waals surface area contributed by atoms with Gasteiger partial charge in [0.25, 0.3) is 0 Å². The van der Waals surface area contributed by atoms with Gasteiger partial charge in [-0.25, -0.2) is 9.97 Å². The van der Waals surface area contributed by atoms with Crippen LogP contribution < -0.4 is 14.4 Å². The van der Waals surface area contributed by atoms with Crippen LogP contribution in [0.25, 0.3) is 0 Å². The van der Waals surface area contributed by atoms with Gasteiger partial charge in [-0.3, -0.25) is 0 Å². The number of aromatic nitrogens is 2. The molecule has 0 unspecified atom stereocenters. The first-order chi connectivity index (χ1) is 12.3. The van der Waals surface area contributed by atoms with Gasteiger partial charge in [0.1, 0.15) is 18.5 Å². The average molecular weight is 359 g/mol. The Morgan fingerprint density at radius 1 is 1.16 bits per heavy atom. The van der Waals surface area contributed by atoms with Crippen LogP contribution in [0.3, 0.4) is 0 Å². The van der Waals surface area contributed by atoms with E-state index in [9.17, 15) is 0 Å². The second kappa shape index (κ2) is 7.49. The number of thioether (sulfide) groups is 1. The number of morpholine rings is 1. The Hall–Kier alpha value is -1.99. The summed E-state index contributed by atoms with van der Waals surface area (Å²) >= 11 is 1.61. The van der Waals surface area contributed by atoms with Crippen LogP contribution in [0.15, 0.2) is 35.5 Å². The summed E-state index contributed by atoms with van der Waals surface area (Å²) in [7, 11) is 0. The SMILES string of the molecule is Cc1cc(N2CCOCC2)nc(SC[C@@H]2COc3ccccc3O2)n1. The van der Waals surface area contributed by atoms with Gasteiger partial charge in [0, 0.05) is 30.6 Å². The third-order valence-corrected chi connectivity index (χ3v) is 5.10. The lowest BCUT2D eigenvalue weighted by molar-refractivity contribution is 0.107. The molecule has 25 heavy (non-hydrogen) atoms. The predicted octanol–water partition coefficient (Wildman–Crippen LogP) is 2.55. The van der Waals surface area contributed by atoms with Gasteiger partial charge in [0.2, 0.25) is 0 Å². The number of hydrogen-bond acceptors (Lipinski definition) is 7. The van der Waals surface area contributed by atoms with E-state index in [0.29, 0.717) is 6.61 Å². The number of hydrogen-bond donors (Lipinski definition) is 0. The second-order valence-corrected chi connectivity index (χ2v) is 7.05. The van der Waals surface area contributed by atoms with Crippen LogP contribution in [0.2, 0.25) is 0 Å². The number of nitrogens with zero attached hydrogens (tertiary/aromatic N) is 3. The number of rotatable bonds is 4. The number of anilines is 1. The summed E-state index contributed by atoms with van der Waals surface area (Å²) in [6, 6.07) is 9.80. The van der Waals surface area contributed by atoms with Gasteiger partial charge >= 0.3 is 0 Å². The Morgan fingerprint density at radius 2 is 1.96 bits per heavy atom. The molecule has 3 heterocycles. The minimum atomic E-state index is -0.00384. The zero-order valence-corrected chi connectivity index (χ0v) is 15.0. The van der Waals surface area contributed by atoms with Crippen LogP contribution in [0.4, 0.5) is 5.82 Å². The van der Waals surface area contributed by atoms with E-state index in [1.807, 2.05) is 37.3 Å². The maximum absolute atomic E-state index is 6.00. The lowest BCUT2D eigenvalue weighted by atomic mass is 10.3. The minimum Gasteiger partial charge on any atom is -0.486 e. The van der Waals surface area contributed by atoms with Crippen molar-refractivity contribution in [2.75, 3.05) is 43.6 Å². The predicted molar refractivity (Wildman–Crippen MR) is 96.9 cm³/mol. The smallest absolute Gasteiger partial charge is 0.189 e. The number of aryl methyl sites for hydroxylation is 1. The van der Waals surface area contributed by atoms with Crippen molar-refractivity contribution in [3.8, 4) is 11.5 Å². The highest BCUT2D eigenvalue weighted by Gasteiger charge is 2.21. The van der Waals surface area contributed by atoms with Crippen LogP contribution in [0.5, 0.6) is 11.5 Å². The highest BCUT2D eigenvalue weighted by molar-refractivity contribution is 7.99. The Labute approximate surface area is 151 Å². The zero-order chi connectivity index (χ0) is 17.1. The maximum atomic E-state index is 6.00. The molecule has 7 heteroatoms. The molecular weight excluding hydrogens is 338 g/mol. The van der Waals surface area contributed by atoms with Gasteiger partial charge in [-0.15, -0.1) is 0 Å². The minimum absolute atomic E-state index is 0.00384. The quantitative estimate of drug-likeness (QED) is 0.614. The lowest BCUT2D eigenvalue weighted by Gasteiger charge is -2.28. The van der Waals surface area contributed by atoms with E-state index in [1.54, 1.807) is 11.8 Å². The monoisotopic (exact) mass is 359 g/mol. The molecule has 0 amide bonds. The number of benzene rings is 1. The third kappa shape index (κ3) is 3.99. The number of ether oxygens (including phenoxy) is 3. The molecule has 2 aliphatic heterocycles. The summed E-state index contributed by atoms with van der Waals surface area (Å²) in [6.07, 6.45) is -0.00384. The van der Waals surface area contributed by atoms with Crippen LogP contribution >= 0.6 is 11.8 Å². The van der Waals surface area contributed by atoms with Gasteiger partial charge in [-0.1, -0.05) is 23.9 Å². The van der Waals surface area contributed by atoms with Crippen molar-refractivity contribution in [2.45, 2.75) is 18.2 Å². The molecule has 4 rings (SSSR count). The molecule has 2 aromatic rings. The van der Waals surface area contributed by atoms with E-state index in [4.69, 9.17) is 19.2 Å². The van der Waals surface area contributed by atoms with Crippen molar-refractivity contribution < 1.29 is 14.2 Å². The van der Waals surface area contributed by atoms with Crippen molar-refractivity contribution in [1.82, 2.24) is 9.97 Å². The molecule has 1 saturated heterocycles. The second-order valence-electron chi connectivity index (χ2n) is 6.06. The molecule has 0 spiro atoms. The van der Waals surface area contributed by atoms with Gasteiger partial charge < -0.3 is 19.1 Å². The largest absolute Gasteiger partial charge is 0.486 e. The molecule has 0 aliphatic carbocycles. The fraction of sp³-hybridized carbons (Fsp3) is 0.444. The van der Waals surface area contributed by atoms with E-state index in [-0.39, 0.29) is 6.10 Å². The fourth-order valence-electron chi connectivity index (χ4n) is 2.86. The van der Waals surface area contributed by atoms with Crippen molar-refractivity contribution in [1.29, 1.82) is 0 Å². The summed E-state index contributed by atoms with van der Waals surface area (Å²) in [5.74, 6) is 3.34. The average Bonchev–Trinajstić information content (AvgIpc) is 2.66. The van der Waals surface area contributed by atoms with E-state index < -0.39 is 0 Å². The van der Waals surface area contributed by atoms with Crippen LogP contribution in [-0.4, -0.2) is 54.7 Å². The summed E-state index contributed by atoms with van der Waals surface area (Å²) < 4.78 is 17.2. The van der Waals surface area contributed by atoms with Crippen molar-refractivity contribution in [3.63, 3.8) is 0 Å². The Morgan fingerprint density at radius 3 is 2.80 bits per heavy atom. The van der Waals surface area contributed by atoms with Gasteiger partial charge in [-0.2, -0.15) is 0 Å². The Kier molecular flexibility index (Phi) is 4.94. The molecule has 1 atom stereocenters. The first kappa shape index (κ1) is 16.5. The summed E-state index contributed by atoms with van der Waals surface area (Å²) in [6.45, 7) is 5.79. The molecule has 0 radical (unpaired) electrons. The third-order valence-electron chi connectivity index (χ3n) is 4.12. The first-order valence-corrected chi connectivity index (χ1v) is 9.46. The number of fused-ring (bicyclic) bond motifs is 1. The summed E-state index contributed by atoms with van der Waals surface area (Å²) in [5, 5.41) is 0.781. The molecule has 1 aromatic carbocycles. The highest BCUT2D eigenvalue weighted by Crippen LogP contribution is 2.32. The van der Waals surface area contributed by atoms with Crippen LogP contribution in [0.1, 0.15) is 5.69 Å². The molecule has 132 valence electrons. The van der Waals surface area contributed by atoms with Crippen molar-refractivity contribution in [2.24, 2.45) is 0 Å². The topological polar surface area (TPSA) is 56.7 Å². The molecule has 2 aliphatic rings. The Balaban J connectivity index is 1.40. The molecule has 1 aromatic heterocycles. The van der Waals surface area contributed by atoms with Crippen molar-refractivity contribution in [3.05, 3.63) is 36.0 Å². The molecular formula is C18H21N3O3S. The first-order valence-electron chi connectivity index (χ1n) is 8.47. The van der Waals surface area contributed by atoms with E-state index >= 15 is 0 Å². The van der Waals surface area contributed by atoms with Crippen LogP contribution in [-0.2, 0) is 4.74 Å². The van der Waals surface area contributed by atoms with Gasteiger partial charge in [0.05, 0.1) is 13.2 Å². The molecule has 0 N–H and O–H groups in total.